The van der Waals surface area contributed by atoms with Crippen molar-refractivity contribution < 1.29 is 9.21 Å². The zero-order chi connectivity index (χ0) is 18.2. The second-order valence-corrected chi connectivity index (χ2v) is 7.82. The Labute approximate surface area is 163 Å². The molecule has 1 amide bonds. The summed E-state index contributed by atoms with van der Waals surface area (Å²) in [6.07, 6.45) is 1.84. The number of rotatable bonds is 3. The van der Waals surface area contributed by atoms with Crippen LogP contribution in [0.5, 0.6) is 0 Å². The smallest absolute Gasteiger partial charge is 0.253 e. The van der Waals surface area contributed by atoms with E-state index in [-0.39, 0.29) is 11.8 Å². The molecule has 0 unspecified atom stereocenters. The van der Waals surface area contributed by atoms with Crippen molar-refractivity contribution in [2.45, 2.75) is 18.8 Å². The summed E-state index contributed by atoms with van der Waals surface area (Å²) in [6, 6.07) is 7.43. The average molecular weight is 397 g/mol. The summed E-state index contributed by atoms with van der Waals surface area (Å²) in [7, 11) is 0. The molecule has 4 aromatic rings. The van der Waals surface area contributed by atoms with Gasteiger partial charge in [0.2, 0.25) is 11.8 Å². The molecule has 4 heterocycles. The number of aromatic nitrogens is 4. The van der Waals surface area contributed by atoms with E-state index in [9.17, 15) is 4.79 Å². The highest BCUT2D eigenvalue weighted by Crippen LogP contribution is 2.30. The van der Waals surface area contributed by atoms with Crippen molar-refractivity contribution in [1.29, 1.82) is 0 Å². The number of hydrogen-bond donors (Lipinski definition) is 0. The van der Waals surface area contributed by atoms with Crippen LogP contribution in [-0.4, -0.2) is 42.8 Å². The first kappa shape index (κ1) is 16.5. The predicted molar refractivity (Wildman–Crippen MR) is 103 cm³/mol. The standard InChI is InChI=1S/C18H15N5O2S2/c24-18(11-3-4-14-15(8-11)22-27-21-14)23-6-1-2-12(9-23)16-19-20-17(25-16)13-5-7-26-10-13/h3-5,7-8,10,12H,1-2,6,9H2/t12-/m0/s1. The van der Waals surface area contributed by atoms with Gasteiger partial charge in [0, 0.05) is 29.6 Å². The summed E-state index contributed by atoms with van der Waals surface area (Å²) in [6.45, 7) is 1.31. The van der Waals surface area contributed by atoms with Crippen molar-refractivity contribution in [3.63, 3.8) is 0 Å². The van der Waals surface area contributed by atoms with Crippen LogP contribution < -0.4 is 0 Å². The molecule has 5 rings (SSSR count). The molecule has 1 aromatic carbocycles. The first-order valence-corrected chi connectivity index (χ1v) is 10.3. The maximum Gasteiger partial charge on any atom is 0.253 e. The lowest BCUT2D eigenvalue weighted by molar-refractivity contribution is 0.0698. The predicted octanol–water partition coefficient (Wildman–Crippen LogP) is 3.82. The van der Waals surface area contributed by atoms with Crippen LogP contribution >= 0.6 is 23.1 Å². The minimum Gasteiger partial charge on any atom is -0.420 e. The van der Waals surface area contributed by atoms with Crippen molar-refractivity contribution in [3.05, 3.63) is 46.5 Å². The number of nitrogens with zero attached hydrogens (tertiary/aromatic N) is 5. The van der Waals surface area contributed by atoms with Crippen LogP contribution in [0.4, 0.5) is 0 Å². The molecule has 9 heteroatoms. The van der Waals surface area contributed by atoms with E-state index in [0.717, 1.165) is 47.7 Å². The Bertz CT molecular complexity index is 1090. The van der Waals surface area contributed by atoms with Gasteiger partial charge in [-0.25, -0.2) is 0 Å². The summed E-state index contributed by atoms with van der Waals surface area (Å²) in [4.78, 5) is 14.8. The number of carbonyl (C=O) groups is 1. The van der Waals surface area contributed by atoms with Crippen LogP contribution in [-0.2, 0) is 0 Å². The van der Waals surface area contributed by atoms with E-state index in [0.29, 0.717) is 23.9 Å². The lowest BCUT2D eigenvalue weighted by Crippen LogP contribution is -2.39. The fraction of sp³-hybridized carbons (Fsp3) is 0.278. The summed E-state index contributed by atoms with van der Waals surface area (Å²) >= 11 is 2.75. The maximum atomic E-state index is 13.0. The Kier molecular flexibility index (Phi) is 4.17. The molecule has 0 saturated carbocycles. The van der Waals surface area contributed by atoms with E-state index >= 15 is 0 Å². The highest BCUT2D eigenvalue weighted by molar-refractivity contribution is 7.08. The van der Waals surface area contributed by atoms with Gasteiger partial charge in [-0.05, 0) is 42.5 Å². The van der Waals surface area contributed by atoms with E-state index in [4.69, 9.17) is 4.42 Å². The van der Waals surface area contributed by atoms with Gasteiger partial charge >= 0.3 is 0 Å². The molecule has 0 bridgehead atoms. The maximum absolute atomic E-state index is 13.0. The van der Waals surface area contributed by atoms with Crippen LogP contribution in [0.2, 0.25) is 0 Å². The van der Waals surface area contributed by atoms with Gasteiger partial charge in [-0.2, -0.15) is 20.1 Å². The molecule has 136 valence electrons. The fourth-order valence-electron chi connectivity index (χ4n) is 3.36. The Balaban J connectivity index is 1.35. The van der Waals surface area contributed by atoms with E-state index in [1.54, 1.807) is 11.3 Å². The van der Waals surface area contributed by atoms with E-state index < -0.39 is 0 Å². The average Bonchev–Trinajstić information content (AvgIpc) is 3.47. The van der Waals surface area contributed by atoms with Gasteiger partial charge < -0.3 is 9.32 Å². The molecule has 1 atom stereocenters. The summed E-state index contributed by atoms with van der Waals surface area (Å²) < 4.78 is 14.3. The summed E-state index contributed by atoms with van der Waals surface area (Å²) in [5.74, 6) is 1.21. The third kappa shape index (κ3) is 3.13. The minimum atomic E-state index is 0.00664. The molecule has 0 N–H and O–H groups in total. The Morgan fingerprint density at radius 1 is 1.19 bits per heavy atom. The van der Waals surface area contributed by atoms with Gasteiger partial charge in [-0.1, -0.05) is 0 Å². The summed E-state index contributed by atoms with van der Waals surface area (Å²) in [5.41, 5.74) is 3.16. The molecule has 1 aliphatic rings. The molecule has 0 aliphatic carbocycles. The van der Waals surface area contributed by atoms with Crippen molar-refractivity contribution in [2.24, 2.45) is 0 Å². The lowest BCUT2D eigenvalue weighted by Gasteiger charge is -2.31. The number of hydrogen-bond acceptors (Lipinski definition) is 8. The zero-order valence-corrected chi connectivity index (χ0v) is 15.9. The fourth-order valence-corrected chi connectivity index (χ4v) is 4.51. The Hall–Kier alpha value is -2.65. The second-order valence-electron chi connectivity index (χ2n) is 6.52. The largest absolute Gasteiger partial charge is 0.420 e. The normalized spacial score (nSPS) is 17.5. The SMILES string of the molecule is O=C(c1ccc2nsnc2c1)N1CCC[C@H](c2nnc(-c3ccsc3)o2)C1. The summed E-state index contributed by atoms with van der Waals surface area (Å²) in [5, 5.41) is 12.4. The third-order valence-electron chi connectivity index (χ3n) is 4.77. The van der Waals surface area contributed by atoms with Crippen LogP contribution in [0.15, 0.2) is 39.4 Å². The van der Waals surface area contributed by atoms with Gasteiger partial charge in [0.15, 0.2) is 0 Å². The molecule has 3 aromatic heterocycles. The third-order valence-corrected chi connectivity index (χ3v) is 6.01. The quantitative estimate of drug-likeness (QED) is 0.522. The molecule has 7 nitrogen and oxygen atoms in total. The van der Waals surface area contributed by atoms with Gasteiger partial charge in [0.25, 0.3) is 5.91 Å². The molecular formula is C18H15N5O2S2. The van der Waals surface area contributed by atoms with E-state index in [1.165, 1.54) is 0 Å². The molecular weight excluding hydrogens is 382 g/mol. The molecule has 0 radical (unpaired) electrons. The first-order chi connectivity index (χ1) is 13.3. The first-order valence-electron chi connectivity index (χ1n) is 8.65. The number of benzene rings is 1. The molecule has 1 saturated heterocycles. The van der Waals surface area contributed by atoms with Crippen LogP contribution in [0.3, 0.4) is 0 Å². The highest BCUT2D eigenvalue weighted by Gasteiger charge is 2.29. The number of piperidine rings is 1. The number of amides is 1. The molecule has 1 aliphatic heterocycles. The Morgan fingerprint density at radius 2 is 2.11 bits per heavy atom. The Morgan fingerprint density at radius 3 is 3.00 bits per heavy atom. The van der Waals surface area contributed by atoms with E-state index in [2.05, 4.69) is 18.9 Å². The van der Waals surface area contributed by atoms with Crippen LogP contribution in [0, 0.1) is 0 Å². The van der Waals surface area contributed by atoms with Gasteiger partial charge in [-0.3, -0.25) is 4.79 Å². The number of carbonyl (C=O) groups excluding carboxylic acids is 1. The minimum absolute atomic E-state index is 0.00664. The molecule has 27 heavy (non-hydrogen) atoms. The topological polar surface area (TPSA) is 85.0 Å². The zero-order valence-electron chi connectivity index (χ0n) is 14.2. The molecule has 1 fully saturated rings. The molecule has 0 spiro atoms. The number of fused-ring (bicyclic) bond motifs is 1. The monoisotopic (exact) mass is 397 g/mol. The number of likely N-dealkylation sites (tertiary alicyclic amines) is 1. The van der Waals surface area contributed by atoms with Gasteiger partial charge in [-0.15, -0.1) is 10.2 Å². The van der Waals surface area contributed by atoms with Crippen molar-refractivity contribution in [1.82, 2.24) is 23.8 Å². The number of thiophene rings is 1. The van der Waals surface area contributed by atoms with Crippen LogP contribution in [0.25, 0.3) is 22.5 Å². The van der Waals surface area contributed by atoms with Crippen molar-refractivity contribution in [3.8, 4) is 11.5 Å². The second kappa shape index (κ2) is 6.82. The van der Waals surface area contributed by atoms with Crippen molar-refractivity contribution in [2.75, 3.05) is 13.1 Å². The lowest BCUT2D eigenvalue weighted by atomic mass is 9.97. The highest BCUT2D eigenvalue weighted by atomic mass is 32.1. The van der Waals surface area contributed by atoms with Gasteiger partial charge in [0.05, 0.1) is 17.6 Å². The van der Waals surface area contributed by atoms with E-state index in [1.807, 2.05) is 39.9 Å². The van der Waals surface area contributed by atoms with Crippen LogP contribution in [0.1, 0.15) is 35.0 Å². The van der Waals surface area contributed by atoms with Gasteiger partial charge in [0.1, 0.15) is 11.0 Å². The van der Waals surface area contributed by atoms with Crippen molar-refractivity contribution >= 4 is 40.0 Å².